The molecule has 1 fully saturated rings. The summed E-state index contributed by atoms with van der Waals surface area (Å²) in [5.41, 5.74) is 17.3. The Hall–Kier alpha value is -3.19. The summed E-state index contributed by atoms with van der Waals surface area (Å²) in [6.45, 7) is 11.7. The van der Waals surface area contributed by atoms with Crippen LogP contribution in [-0.4, -0.2) is 0 Å². The van der Waals surface area contributed by atoms with Gasteiger partial charge in [-0.2, -0.15) is 0 Å². The maximum absolute atomic E-state index is 2.48. The molecule has 1 heteroatoms. The molecule has 1 aromatic heterocycles. The van der Waals surface area contributed by atoms with Gasteiger partial charge >= 0.3 is 0 Å². The van der Waals surface area contributed by atoms with Gasteiger partial charge in [-0.15, -0.1) is 0 Å². The second-order valence-corrected chi connectivity index (χ2v) is 12.5. The van der Waals surface area contributed by atoms with Gasteiger partial charge in [0, 0.05) is 11.6 Å². The van der Waals surface area contributed by atoms with E-state index in [0.717, 1.165) is 6.42 Å². The van der Waals surface area contributed by atoms with Crippen molar-refractivity contribution in [2.45, 2.75) is 72.6 Å². The maximum atomic E-state index is 2.48. The number of rotatable bonds is 3. The van der Waals surface area contributed by atoms with Gasteiger partial charge in [-0.25, -0.2) is 4.57 Å². The molecule has 4 aromatic rings. The first-order valence-corrected chi connectivity index (χ1v) is 14.0. The minimum Gasteiger partial charge on any atom is -0.201 e. The van der Waals surface area contributed by atoms with Crippen LogP contribution in [0.4, 0.5) is 0 Å². The number of nitrogens with zero attached hydrogens (tertiary/aromatic N) is 1. The molecule has 188 valence electrons. The lowest BCUT2D eigenvalue weighted by molar-refractivity contribution is -0.660. The van der Waals surface area contributed by atoms with Crippen LogP contribution < -0.4 is 4.57 Å². The van der Waals surface area contributed by atoms with Crippen molar-refractivity contribution in [1.82, 2.24) is 0 Å². The Bertz CT molecular complexity index is 1510. The van der Waals surface area contributed by atoms with Crippen LogP contribution in [0, 0.1) is 26.2 Å². The molecule has 0 aliphatic heterocycles. The monoisotopic (exact) mass is 486 g/mol. The van der Waals surface area contributed by atoms with Gasteiger partial charge in [-0.05, 0) is 114 Å². The lowest BCUT2D eigenvalue weighted by Gasteiger charge is -2.34. The van der Waals surface area contributed by atoms with E-state index in [4.69, 9.17) is 0 Å². The van der Waals surface area contributed by atoms with Gasteiger partial charge in [0.25, 0.3) is 0 Å². The van der Waals surface area contributed by atoms with Crippen molar-refractivity contribution in [3.63, 3.8) is 0 Å². The molecule has 0 unspecified atom stereocenters. The third kappa shape index (κ3) is 4.23. The van der Waals surface area contributed by atoms with Crippen LogP contribution in [0.3, 0.4) is 0 Å². The average molecular weight is 487 g/mol. The zero-order valence-corrected chi connectivity index (χ0v) is 23.4. The number of hydrogen-bond donors (Lipinski definition) is 0. The molecule has 1 nitrogen and oxygen atoms in total. The number of benzene rings is 3. The predicted molar refractivity (Wildman–Crippen MR) is 156 cm³/mol. The fourth-order valence-corrected chi connectivity index (χ4v) is 6.98. The Balaban J connectivity index is 1.41. The van der Waals surface area contributed by atoms with Crippen molar-refractivity contribution in [2.75, 3.05) is 0 Å². The fourth-order valence-electron chi connectivity index (χ4n) is 6.98. The second kappa shape index (κ2) is 8.98. The van der Waals surface area contributed by atoms with Gasteiger partial charge in [0.1, 0.15) is 7.05 Å². The predicted octanol–water partition coefficient (Wildman–Crippen LogP) is 9.03. The summed E-state index contributed by atoms with van der Waals surface area (Å²) >= 11 is 0. The molecule has 0 atom stereocenters. The highest BCUT2D eigenvalue weighted by Crippen LogP contribution is 2.45. The van der Waals surface area contributed by atoms with Gasteiger partial charge < -0.3 is 0 Å². The van der Waals surface area contributed by atoms with Gasteiger partial charge in [0.15, 0.2) is 6.20 Å². The minimum absolute atomic E-state index is 0.510. The first kappa shape index (κ1) is 24.2. The summed E-state index contributed by atoms with van der Waals surface area (Å²) in [6.07, 6.45) is 8.63. The lowest BCUT2D eigenvalue weighted by Crippen LogP contribution is -2.32. The van der Waals surface area contributed by atoms with Crippen LogP contribution in [-0.2, 0) is 13.5 Å². The lowest BCUT2D eigenvalue weighted by atomic mass is 9.71. The molecule has 0 spiro atoms. The molecule has 0 amide bonds. The number of fused-ring (bicyclic) bond motifs is 3. The summed E-state index contributed by atoms with van der Waals surface area (Å²) < 4.78 is 2.33. The van der Waals surface area contributed by atoms with Crippen LogP contribution in [0.15, 0.2) is 66.9 Å². The number of hydrogen-bond acceptors (Lipinski definition) is 0. The quantitative estimate of drug-likeness (QED) is 0.224. The van der Waals surface area contributed by atoms with Gasteiger partial charge in [-0.3, -0.25) is 0 Å². The van der Waals surface area contributed by atoms with E-state index in [1.54, 1.807) is 0 Å². The molecular formula is C36H40N+. The highest BCUT2D eigenvalue weighted by atomic mass is 14.9. The average Bonchev–Trinajstić information content (AvgIpc) is 3.24. The zero-order valence-electron chi connectivity index (χ0n) is 23.4. The summed E-state index contributed by atoms with van der Waals surface area (Å²) in [5, 5.41) is 0. The van der Waals surface area contributed by atoms with Crippen LogP contribution in [0.2, 0.25) is 0 Å². The smallest absolute Gasteiger partial charge is 0.201 e. The molecule has 0 bridgehead atoms. The number of aryl methyl sites for hydroxylation is 4. The SMILES string of the molecule is Cc1cc(C2CCC(C)(C)CC2)ccc1-c1cc(-c2c(C)ccc3c2Cc2ccccc2-3)[n+](C)cc1C. The first-order chi connectivity index (χ1) is 17.7. The zero-order chi connectivity index (χ0) is 25.9. The summed E-state index contributed by atoms with van der Waals surface area (Å²) in [5.74, 6) is 0.710. The molecular weight excluding hydrogens is 446 g/mol. The van der Waals surface area contributed by atoms with Crippen LogP contribution in [0.5, 0.6) is 0 Å². The summed E-state index contributed by atoms with van der Waals surface area (Å²) in [6, 6.07) is 23.3. The molecule has 0 N–H and O–H groups in total. The Labute approximate surface area is 223 Å². The van der Waals surface area contributed by atoms with Crippen molar-refractivity contribution in [3.05, 3.63) is 100 Å². The molecule has 0 saturated heterocycles. The van der Waals surface area contributed by atoms with E-state index >= 15 is 0 Å². The normalized spacial score (nSPS) is 16.5. The van der Waals surface area contributed by atoms with E-state index in [0.29, 0.717) is 11.3 Å². The molecule has 2 aliphatic rings. The Kier molecular flexibility index (Phi) is 5.86. The molecule has 37 heavy (non-hydrogen) atoms. The van der Waals surface area contributed by atoms with E-state index in [1.165, 1.54) is 92.6 Å². The maximum Gasteiger partial charge on any atom is 0.213 e. The van der Waals surface area contributed by atoms with E-state index < -0.39 is 0 Å². The number of aromatic nitrogens is 1. The van der Waals surface area contributed by atoms with Crippen molar-refractivity contribution < 1.29 is 4.57 Å². The van der Waals surface area contributed by atoms with E-state index in [-0.39, 0.29) is 0 Å². The van der Waals surface area contributed by atoms with E-state index in [9.17, 15) is 0 Å². The van der Waals surface area contributed by atoms with Crippen molar-refractivity contribution >= 4 is 0 Å². The van der Waals surface area contributed by atoms with Crippen LogP contribution in [0.1, 0.15) is 78.8 Å². The van der Waals surface area contributed by atoms with E-state index in [2.05, 4.69) is 113 Å². The van der Waals surface area contributed by atoms with Gasteiger partial charge in [-0.1, -0.05) is 68.4 Å². The van der Waals surface area contributed by atoms with Crippen LogP contribution in [0.25, 0.3) is 33.5 Å². The third-order valence-electron chi connectivity index (χ3n) is 9.28. The standard InChI is InChI=1S/C36H40N/c1-23-11-13-31-30-10-8-7-9-28(30)20-33(31)35(23)34-21-32(25(3)22-37(34)6)29-14-12-27(19-24(29)2)26-15-17-36(4,5)18-16-26/h7-14,19,21-22,26H,15-18,20H2,1-6H3/q+1. The van der Waals surface area contributed by atoms with Crippen molar-refractivity contribution in [2.24, 2.45) is 12.5 Å². The minimum atomic E-state index is 0.510. The van der Waals surface area contributed by atoms with Crippen molar-refractivity contribution in [3.8, 4) is 33.5 Å². The topological polar surface area (TPSA) is 3.88 Å². The van der Waals surface area contributed by atoms with Gasteiger partial charge in [0.2, 0.25) is 5.69 Å². The highest BCUT2D eigenvalue weighted by Gasteiger charge is 2.29. The molecule has 1 heterocycles. The molecule has 1 saturated carbocycles. The summed E-state index contributed by atoms with van der Waals surface area (Å²) in [7, 11) is 2.20. The first-order valence-electron chi connectivity index (χ1n) is 14.0. The van der Waals surface area contributed by atoms with Crippen LogP contribution >= 0.6 is 0 Å². The third-order valence-corrected chi connectivity index (χ3v) is 9.28. The second-order valence-electron chi connectivity index (χ2n) is 12.5. The molecule has 6 rings (SSSR count). The fraction of sp³-hybridized carbons (Fsp3) is 0.361. The summed E-state index contributed by atoms with van der Waals surface area (Å²) in [4.78, 5) is 0. The largest absolute Gasteiger partial charge is 0.213 e. The molecule has 3 aromatic carbocycles. The van der Waals surface area contributed by atoms with E-state index in [1.807, 2.05) is 0 Å². The Morgan fingerprint density at radius 2 is 1.46 bits per heavy atom. The number of pyridine rings is 1. The van der Waals surface area contributed by atoms with Crippen molar-refractivity contribution in [1.29, 1.82) is 0 Å². The molecule has 2 aliphatic carbocycles. The Morgan fingerprint density at radius 1 is 0.730 bits per heavy atom. The van der Waals surface area contributed by atoms with Gasteiger partial charge in [0.05, 0.1) is 5.56 Å². The highest BCUT2D eigenvalue weighted by molar-refractivity contribution is 5.86. The Morgan fingerprint density at radius 3 is 2.22 bits per heavy atom. The molecule has 0 radical (unpaired) electrons.